The third-order valence-electron chi connectivity index (χ3n) is 2.21. The molecule has 1 amide bonds. The highest BCUT2D eigenvalue weighted by molar-refractivity contribution is 9.10. The molecule has 0 saturated heterocycles. The number of amides is 1. The van der Waals surface area contributed by atoms with Crippen LogP contribution in [0.15, 0.2) is 40.2 Å². The average Bonchev–Trinajstić information content (AvgIpc) is 2.74. The van der Waals surface area contributed by atoms with E-state index in [9.17, 15) is 13.2 Å². The predicted molar refractivity (Wildman–Crippen MR) is 84.9 cm³/mol. The van der Waals surface area contributed by atoms with E-state index in [1.54, 1.807) is 30.3 Å². The van der Waals surface area contributed by atoms with Crippen LogP contribution in [0.2, 0.25) is 0 Å². The second-order valence-electron chi connectivity index (χ2n) is 4.04. The van der Waals surface area contributed by atoms with E-state index in [4.69, 9.17) is 0 Å². The van der Waals surface area contributed by atoms with Gasteiger partial charge in [0.05, 0.1) is 16.8 Å². The summed E-state index contributed by atoms with van der Waals surface area (Å²) in [4.78, 5) is 12.5. The molecule has 2 aromatic rings. The number of rotatable bonds is 4. The van der Waals surface area contributed by atoms with Gasteiger partial charge in [0.25, 0.3) is 5.91 Å². The van der Waals surface area contributed by atoms with Crippen LogP contribution in [0.3, 0.4) is 0 Å². The van der Waals surface area contributed by atoms with Gasteiger partial charge in [-0.1, -0.05) is 6.07 Å². The van der Waals surface area contributed by atoms with Gasteiger partial charge in [-0.15, -0.1) is 11.3 Å². The maximum atomic E-state index is 12.0. The zero-order valence-corrected chi connectivity index (χ0v) is 13.6. The van der Waals surface area contributed by atoms with E-state index in [0.717, 1.165) is 10.7 Å². The van der Waals surface area contributed by atoms with Crippen molar-refractivity contribution in [3.63, 3.8) is 0 Å². The van der Waals surface area contributed by atoms with E-state index in [0.29, 0.717) is 16.3 Å². The molecule has 0 bridgehead atoms. The highest BCUT2D eigenvalue weighted by Gasteiger charge is 2.09. The molecule has 2 N–H and O–H groups in total. The molecule has 1 aromatic heterocycles. The first-order valence-electron chi connectivity index (χ1n) is 5.47. The molecule has 0 fully saturated rings. The van der Waals surface area contributed by atoms with E-state index in [-0.39, 0.29) is 5.91 Å². The summed E-state index contributed by atoms with van der Waals surface area (Å²) in [7, 11) is -3.34. The van der Waals surface area contributed by atoms with E-state index >= 15 is 0 Å². The van der Waals surface area contributed by atoms with Crippen LogP contribution in [0.25, 0.3) is 0 Å². The topological polar surface area (TPSA) is 75.3 Å². The van der Waals surface area contributed by atoms with Crippen molar-refractivity contribution in [2.75, 3.05) is 16.3 Å². The molecule has 0 radical (unpaired) electrons. The highest BCUT2D eigenvalue weighted by atomic mass is 79.9. The normalized spacial score (nSPS) is 11.1. The Labute approximate surface area is 129 Å². The lowest BCUT2D eigenvalue weighted by molar-refractivity contribution is 0.103. The standard InChI is InChI=1S/C12H11BrN2O3S2/c1-20(17,18)15-10-4-2-3-9(6-10)14-12(16)11-5-8(13)7-19-11/h2-7,15H,1H3,(H,14,16). The lowest BCUT2D eigenvalue weighted by Gasteiger charge is -2.07. The number of sulfonamides is 1. The molecule has 0 aliphatic heterocycles. The summed E-state index contributed by atoms with van der Waals surface area (Å²) in [5.74, 6) is -0.239. The van der Waals surface area contributed by atoms with Crippen LogP contribution in [-0.2, 0) is 10.0 Å². The summed E-state index contributed by atoms with van der Waals surface area (Å²) in [6.45, 7) is 0. The summed E-state index contributed by atoms with van der Waals surface area (Å²) in [6, 6.07) is 8.24. The van der Waals surface area contributed by atoms with Gasteiger partial charge in [-0.05, 0) is 40.2 Å². The molecule has 0 aliphatic carbocycles. The number of carbonyl (C=O) groups is 1. The van der Waals surface area contributed by atoms with Gasteiger partial charge in [0.15, 0.2) is 0 Å². The fourth-order valence-electron chi connectivity index (χ4n) is 1.50. The van der Waals surface area contributed by atoms with Crippen molar-refractivity contribution in [3.8, 4) is 0 Å². The summed E-state index contributed by atoms with van der Waals surface area (Å²) in [6.07, 6.45) is 1.07. The van der Waals surface area contributed by atoms with Gasteiger partial charge >= 0.3 is 0 Å². The summed E-state index contributed by atoms with van der Waals surface area (Å²) < 4.78 is 25.5. The predicted octanol–water partition coefficient (Wildman–Crippen LogP) is 3.13. The Hall–Kier alpha value is -1.38. The Morgan fingerprint density at radius 1 is 1.25 bits per heavy atom. The van der Waals surface area contributed by atoms with E-state index in [1.165, 1.54) is 11.3 Å². The largest absolute Gasteiger partial charge is 0.321 e. The molecule has 20 heavy (non-hydrogen) atoms. The number of carbonyl (C=O) groups excluding carboxylic acids is 1. The maximum Gasteiger partial charge on any atom is 0.265 e. The number of benzene rings is 1. The number of thiophene rings is 1. The summed E-state index contributed by atoms with van der Waals surface area (Å²) in [5.41, 5.74) is 0.922. The fraction of sp³-hybridized carbons (Fsp3) is 0.0833. The third-order valence-corrected chi connectivity index (χ3v) is 4.51. The SMILES string of the molecule is CS(=O)(=O)Nc1cccc(NC(=O)c2cc(Br)cs2)c1. The van der Waals surface area contributed by atoms with Crippen molar-refractivity contribution >= 4 is 54.6 Å². The minimum atomic E-state index is -3.34. The molecular weight excluding hydrogens is 364 g/mol. The third kappa shape index (κ3) is 4.32. The average molecular weight is 375 g/mol. The van der Waals surface area contributed by atoms with Gasteiger partial charge in [-0.2, -0.15) is 0 Å². The lowest BCUT2D eigenvalue weighted by atomic mass is 10.3. The Balaban J connectivity index is 2.14. The van der Waals surface area contributed by atoms with Crippen molar-refractivity contribution in [3.05, 3.63) is 45.1 Å². The molecule has 2 rings (SSSR count). The zero-order valence-electron chi connectivity index (χ0n) is 10.4. The van der Waals surface area contributed by atoms with Crippen molar-refractivity contribution in [2.24, 2.45) is 0 Å². The minimum absolute atomic E-state index is 0.239. The van der Waals surface area contributed by atoms with Crippen LogP contribution in [0, 0.1) is 0 Å². The molecule has 1 heterocycles. The van der Waals surface area contributed by atoms with Crippen molar-refractivity contribution < 1.29 is 13.2 Å². The van der Waals surface area contributed by atoms with Crippen LogP contribution in [0.5, 0.6) is 0 Å². The lowest BCUT2D eigenvalue weighted by Crippen LogP contribution is -2.12. The fourth-order valence-corrected chi connectivity index (χ4v) is 3.38. The molecule has 0 aliphatic rings. The molecule has 8 heteroatoms. The van der Waals surface area contributed by atoms with Crippen molar-refractivity contribution in [2.45, 2.75) is 0 Å². The molecule has 0 spiro atoms. The van der Waals surface area contributed by atoms with Crippen LogP contribution >= 0.6 is 27.3 Å². The van der Waals surface area contributed by atoms with Crippen LogP contribution in [0.1, 0.15) is 9.67 Å². The van der Waals surface area contributed by atoms with Crippen LogP contribution < -0.4 is 10.0 Å². The molecule has 0 atom stereocenters. The Morgan fingerprint density at radius 3 is 2.55 bits per heavy atom. The number of hydrogen-bond acceptors (Lipinski definition) is 4. The van der Waals surface area contributed by atoms with Crippen molar-refractivity contribution in [1.82, 2.24) is 0 Å². The van der Waals surface area contributed by atoms with Gasteiger partial charge in [-0.25, -0.2) is 8.42 Å². The molecule has 106 valence electrons. The first-order valence-corrected chi connectivity index (χ1v) is 9.03. The molecule has 5 nitrogen and oxygen atoms in total. The van der Waals surface area contributed by atoms with Crippen LogP contribution in [0.4, 0.5) is 11.4 Å². The number of anilines is 2. The zero-order chi connectivity index (χ0) is 14.8. The van der Waals surface area contributed by atoms with Crippen molar-refractivity contribution in [1.29, 1.82) is 0 Å². The second kappa shape index (κ2) is 5.94. The first kappa shape index (κ1) is 15.0. The molecule has 0 unspecified atom stereocenters. The Kier molecular flexibility index (Phi) is 4.46. The Morgan fingerprint density at radius 2 is 1.95 bits per heavy atom. The summed E-state index contributed by atoms with van der Waals surface area (Å²) >= 11 is 4.60. The molecule has 1 aromatic carbocycles. The van der Waals surface area contributed by atoms with Gasteiger partial charge in [0.2, 0.25) is 10.0 Å². The highest BCUT2D eigenvalue weighted by Crippen LogP contribution is 2.22. The first-order chi connectivity index (χ1) is 9.33. The maximum absolute atomic E-state index is 12.0. The minimum Gasteiger partial charge on any atom is -0.321 e. The molecule has 0 saturated carbocycles. The van der Waals surface area contributed by atoms with Gasteiger partial charge in [-0.3, -0.25) is 9.52 Å². The Bertz CT molecular complexity index is 741. The van der Waals surface area contributed by atoms with Gasteiger partial charge in [0.1, 0.15) is 0 Å². The van der Waals surface area contributed by atoms with Gasteiger partial charge in [0, 0.05) is 15.5 Å². The van der Waals surface area contributed by atoms with E-state index < -0.39 is 10.0 Å². The second-order valence-corrected chi connectivity index (χ2v) is 7.61. The quantitative estimate of drug-likeness (QED) is 0.862. The van der Waals surface area contributed by atoms with Crippen LogP contribution in [-0.4, -0.2) is 20.6 Å². The number of halogens is 1. The summed E-state index contributed by atoms with van der Waals surface area (Å²) in [5, 5.41) is 4.53. The number of hydrogen-bond donors (Lipinski definition) is 2. The van der Waals surface area contributed by atoms with E-state index in [2.05, 4.69) is 26.0 Å². The monoisotopic (exact) mass is 374 g/mol. The number of nitrogens with one attached hydrogen (secondary N) is 2. The van der Waals surface area contributed by atoms with E-state index in [1.807, 2.05) is 5.38 Å². The van der Waals surface area contributed by atoms with Gasteiger partial charge < -0.3 is 5.32 Å². The smallest absolute Gasteiger partial charge is 0.265 e. The molecular formula is C12H11BrN2O3S2.